The molecule has 148 valence electrons. The maximum atomic E-state index is 11.6. The topological polar surface area (TPSA) is 34.1 Å². The summed E-state index contributed by atoms with van der Waals surface area (Å²) in [5, 5.41) is 0. The zero-order valence-corrected chi connectivity index (χ0v) is 16.8. The van der Waals surface area contributed by atoms with Crippen molar-refractivity contribution >= 4 is 11.6 Å². The van der Waals surface area contributed by atoms with Gasteiger partial charge in [-0.3, -0.25) is 9.59 Å². The summed E-state index contributed by atoms with van der Waals surface area (Å²) >= 11 is 0. The fourth-order valence-electron chi connectivity index (χ4n) is 4.34. The average Bonchev–Trinajstić information content (AvgIpc) is 2.74. The first-order valence-electron chi connectivity index (χ1n) is 10.9. The molecule has 0 N–H and O–H groups in total. The monoisotopic (exact) mass is 376 g/mol. The summed E-state index contributed by atoms with van der Waals surface area (Å²) in [4.78, 5) is 23.2. The number of Topliss-reactive ketones (excluding diaryl/α,β-unsaturated/α-hetero) is 2. The van der Waals surface area contributed by atoms with Gasteiger partial charge in [-0.15, -0.1) is 0 Å². The SMILES string of the molecule is O=C1CCCCC1Cc1ccccc1.O=C1CCCCC1Cc1ccccc1. The van der Waals surface area contributed by atoms with Gasteiger partial charge < -0.3 is 0 Å². The highest BCUT2D eigenvalue weighted by molar-refractivity contribution is 5.82. The van der Waals surface area contributed by atoms with E-state index in [1.165, 1.54) is 24.0 Å². The van der Waals surface area contributed by atoms with E-state index in [1.54, 1.807) is 0 Å². The van der Waals surface area contributed by atoms with Crippen LogP contribution in [0.2, 0.25) is 0 Å². The summed E-state index contributed by atoms with van der Waals surface area (Å²) in [6.45, 7) is 0. The number of carbonyl (C=O) groups is 2. The van der Waals surface area contributed by atoms with Crippen LogP contribution in [0.1, 0.15) is 62.5 Å². The first-order valence-corrected chi connectivity index (χ1v) is 10.9. The molecule has 0 saturated heterocycles. The number of hydrogen-bond acceptors (Lipinski definition) is 2. The van der Waals surface area contributed by atoms with E-state index in [-0.39, 0.29) is 0 Å². The van der Waals surface area contributed by atoms with Gasteiger partial charge in [0.05, 0.1) is 0 Å². The molecule has 2 aromatic rings. The van der Waals surface area contributed by atoms with Crippen molar-refractivity contribution in [2.45, 2.75) is 64.2 Å². The molecule has 0 spiro atoms. The minimum atomic E-state index is 0.297. The van der Waals surface area contributed by atoms with Crippen molar-refractivity contribution in [1.82, 2.24) is 0 Å². The van der Waals surface area contributed by atoms with Crippen molar-refractivity contribution in [3.8, 4) is 0 Å². The third kappa shape index (κ3) is 6.44. The molecular formula is C26H32O2. The van der Waals surface area contributed by atoms with Gasteiger partial charge in [0.15, 0.2) is 0 Å². The zero-order valence-electron chi connectivity index (χ0n) is 16.8. The van der Waals surface area contributed by atoms with Crippen molar-refractivity contribution in [1.29, 1.82) is 0 Å². The summed E-state index contributed by atoms with van der Waals surface area (Å²) in [6, 6.07) is 20.7. The molecule has 0 radical (unpaired) electrons. The fraction of sp³-hybridized carbons (Fsp3) is 0.462. The van der Waals surface area contributed by atoms with Gasteiger partial charge in [0.25, 0.3) is 0 Å². The van der Waals surface area contributed by atoms with E-state index >= 15 is 0 Å². The molecule has 2 heteroatoms. The summed E-state index contributed by atoms with van der Waals surface area (Å²) in [7, 11) is 0. The first kappa shape index (κ1) is 20.5. The Hall–Kier alpha value is -2.22. The molecule has 2 aliphatic rings. The highest BCUT2D eigenvalue weighted by Gasteiger charge is 2.22. The second kappa shape index (κ2) is 10.9. The number of ketones is 2. The quantitative estimate of drug-likeness (QED) is 0.658. The molecule has 2 fully saturated rings. The Balaban J connectivity index is 0.000000161. The van der Waals surface area contributed by atoms with E-state index in [9.17, 15) is 9.59 Å². The summed E-state index contributed by atoms with van der Waals surface area (Å²) in [5.74, 6) is 1.54. The van der Waals surface area contributed by atoms with Crippen LogP contribution < -0.4 is 0 Å². The number of rotatable bonds is 4. The largest absolute Gasteiger partial charge is 0.299 e. The lowest BCUT2D eigenvalue weighted by molar-refractivity contribution is -0.125. The maximum absolute atomic E-state index is 11.6. The molecule has 2 atom stereocenters. The molecule has 0 heterocycles. The lowest BCUT2D eigenvalue weighted by atomic mass is 9.84. The molecule has 2 aliphatic carbocycles. The third-order valence-corrected chi connectivity index (χ3v) is 6.01. The normalized spacial score (nSPS) is 22.3. The number of hydrogen-bond donors (Lipinski definition) is 0. The van der Waals surface area contributed by atoms with Crippen LogP contribution in [0, 0.1) is 11.8 Å². The molecule has 4 rings (SSSR count). The van der Waals surface area contributed by atoms with E-state index in [4.69, 9.17) is 0 Å². The van der Waals surface area contributed by atoms with Gasteiger partial charge >= 0.3 is 0 Å². The third-order valence-electron chi connectivity index (χ3n) is 6.01. The number of benzene rings is 2. The predicted molar refractivity (Wildman–Crippen MR) is 114 cm³/mol. The fourth-order valence-corrected chi connectivity index (χ4v) is 4.34. The van der Waals surface area contributed by atoms with E-state index < -0.39 is 0 Å². The van der Waals surface area contributed by atoms with Crippen LogP contribution >= 0.6 is 0 Å². The van der Waals surface area contributed by atoms with Crippen LogP contribution in [0.15, 0.2) is 60.7 Å². The lowest BCUT2D eigenvalue weighted by Crippen LogP contribution is -2.20. The molecule has 2 unspecified atom stereocenters. The minimum Gasteiger partial charge on any atom is -0.299 e. The van der Waals surface area contributed by atoms with Crippen LogP contribution in [0.25, 0.3) is 0 Å². The Kier molecular flexibility index (Phi) is 8.02. The molecule has 2 nitrogen and oxygen atoms in total. The Labute approximate surface area is 169 Å². The van der Waals surface area contributed by atoms with Crippen LogP contribution in [0.4, 0.5) is 0 Å². The van der Waals surface area contributed by atoms with Gasteiger partial charge in [0, 0.05) is 24.7 Å². The van der Waals surface area contributed by atoms with E-state index in [2.05, 4.69) is 24.3 Å². The van der Waals surface area contributed by atoms with Crippen molar-refractivity contribution < 1.29 is 9.59 Å². The van der Waals surface area contributed by atoms with E-state index in [1.807, 2.05) is 36.4 Å². The molecule has 0 aromatic heterocycles. The van der Waals surface area contributed by atoms with Crippen molar-refractivity contribution in [2.24, 2.45) is 11.8 Å². The summed E-state index contributed by atoms with van der Waals surface area (Å²) < 4.78 is 0. The molecule has 2 aromatic carbocycles. The van der Waals surface area contributed by atoms with Gasteiger partial charge in [-0.05, 0) is 49.7 Å². The molecule has 2 saturated carbocycles. The first-order chi connectivity index (χ1) is 13.7. The molecular weight excluding hydrogens is 344 g/mol. The molecule has 28 heavy (non-hydrogen) atoms. The molecule has 0 bridgehead atoms. The summed E-state index contributed by atoms with van der Waals surface area (Å²) in [5.41, 5.74) is 2.60. The van der Waals surface area contributed by atoms with E-state index in [0.29, 0.717) is 23.4 Å². The van der Waals surface area contributed by atoms with Crippen LogP contribution in [0.3, 0.4) is 0 Å². The Morgan fingerprint density at radius 3 is 1.32 bits per heavy atom. The van der Waals surface area contributed by atoms with Gasteiger partial charge in [0.1, 0.15) is 11.6 Å². The second-order valence-electron chi connectivity index (χ2n) is 8.20. The zero-order chi connectivity index (χ0) is 19.6. The highest BCUT2D eigenvalue weighted by atomic mass is 16.1. The van der Waals surface area contributed by atoms with Gasteiger partial charge in [-0.25, -0.2) is 0 Å². The van der Waals surface area contributed by atoms with Crippen LogP contribution in [-0.2, 0) is 22.4 Å². The standard InChI is InChI=1S/2C13H16O/c2*14-13-9-5-4-8-12(13)10-11-6-2-1-3-7-11/h2*1-3,6-7,12H,4-5,8-10H2. The minimum absolute atomic E-state index is 0.297. The predicted octanol–water partition coefficient (Wildman–Crippen LogP) is 5.98. The van der Waals surface area contributed by atoms with Gasteiger partial charge in [-0.1, -0.05) is 73.5 Å². The summed E-state index contributed by atoms with van der Waals surface area (Å²) in [6.07, 6.45) is 10.3. The van der Waals surface area contributed by atoms with Crippen molar-refractivity contribution in [3.05, 3.63) is 71.8 Å². The smallest absolute Gasteiger partial charge is 0.136 e. The van der Waals surface area contributed by atoms with Crippen molar-refractivity contribution in [3.63, 3.8) is 0 Å². The van der Waals surface area contributed by atoms with Crippen LogP contribution in [-0.4, -0.2) is 11.6 Å². The van der Waals surface area contributed by atoms with Gasteiger partial charge in [0.2, 0.25) is 0 Å². The number of carbonyl (C=O) groups excluding carboxylic acids is 2. The van der Waals surface area contributed by atoms with Crippen molar-refractivity contribution in [2.75, 3.05) is 0 Å². The average molecular weight is 377 g/mol. The maximum Gasteiger partial charge on any atom is 0.136 e. The Bertz CT molecular complexity index is 670. The molecule has 0 aliphatic heterocycles. The molecule has 0 amide bonds. The van der Waals surface area contributed by atoms with Crippen LogP contribution in [0.5, 0.6) is 0 Å². The lowest BCUT2D eigenvalue weighted by Gasteiger charge is -2.20. The highest BCUT2D eigenvalue weighted by Crippen LogP contribution is 2.24. The Morgan fingerprint density at radius 2 is 0.964 bits per heavy atom. The van der Waals surface area contributed by atoms with E-state index in [0.717, 1.165) is 51.4 Å². The Morgan fingerprint density at radius 1 is 0.571 bits per heavy atom. The second-order valence-corrected chi connectivity index (χ2v) is 8.20. The van der Waals surface area contributed by atoms with Gasteiger partial charge in [-0.2, -0.15) is 0 Å².